The average molecular weight is 334 g/mol. The third kappa shape index (κ3) is 3.57. The molecular weight excluding hydrogens is 318 g/mol. The van der Waals surface area contributed by atoms with Gasteiger partial charge in [-0.05, 0) is 46.6 Å². The molecule has 0 fully saturated rings. The van der Waals surface area contributed by atoms with Crippen molar-refractivity contribution in [2.45, 2.75) is 13.3 Å². The van der Waals surface area contributed by atoms with Crippen LogP contribution in [-0.4, -0.2) is 17.4 Å². The van der Waals surface area contributed by atoms with E-state index in [4.69, 9.17) is 0 Å². The number of nitrogens with zero attached hydrogens (tertiary/aromatic N) is 1. The second kappa shape index (κ2) is 7.05. The maximum atomic E-state index is 12.4. The highest BCUT2D eigenvalue weighted by atomic mass is 79.9. The molecule has 2 rings (SSSR count). The molecule has 1 heterocycles. The van der Waals surface area contributed by atoms with Crippen LogP contribution in [0.3, 0.4) is 0 Å². The van der Waals surface area contributed by atoms with E-state index in [0.29, 0.717) is 15.9 Å². The molecule has 5 heteroatoms. The van der Waals surface area contributed by atoms with Gasteiger partial charge in [0.2, 0.25) is 0 Å². The number of nitrogens with one attached hydrogen (secondary N) is 2. The Morgan fingerprint density at radius 1 is 1.20 bits per heavy atom. The number of carbonyl (C=O) groups is 1. The predicted molar refractivity (Wildman–Crippen MR) is 85.1 cm³/mol. The van der Waals surface area contributed by atoms with Gasteiger partial charge in [-0.2, -0.15) is 0 Å². The predicted octanol–water partition coefficient (Wildman–Crippen LogP) is 3.92. The number of carbonyl (C=O) groups excluding carboxylic acids is 1. The molecule has 0 aliphatic rings. The number of benzene rings is 1. The molecule has 2 N–H and O–H groups in total. The van der Waals surface area contributed by atoms with E-state index in [2.05, 4.69) is 38.5 Å². The maximum absolute atomic E-state index is 12.4. The molecule has 2 aromatic rings. The fourth-order valence-corrected chi connectivity index (χ4v) is 2.11. The van der Waals surface area contributed by atoms with Gasteiger partial charge in [-0.1, -0.05) is 19.1 Å². The van der Waals surface area contributed by atoms with Crippen molar-refractivity contribution in [1.82, 2.24) is 4.98 Å². The molecule has 0 aliphatic carbocycles. The number of anilines is 2. The molecule has 1 aromatic carbocycles. The van der Waals surface area contributed by atoms with Gasteiger partial charge in [0, 0.05) is 18.4 Å². The second-order valence-electron chi connectivity index (χ2n) is 4.27. The van der Waals surface area contributed by atoms with Crippen LogP contribution in [0.15, 0.2) is 47.2 Å². The van der Waals surface area contributed by atoms with E-state index in [1.165, 1.54) is 0 Å². The summed E-state index contributed by atoms with van der Waals surface area (Å²) >= 11 is 3.32. The van der Waals surface area contributed by atoms with Crippen molar-refractivity contribution in [3.05, 3.63) is 52.8 Å². The summed E-state index contributed by atoms with van der Waals surface area (Å²) in [6.45, 7) is 2.92. The summed E-state index contributed by atoms with van der Waals surface area (Å²) in [4.78, 5) is 16.4. The number of hydrogen-bond donors (Lipinski definition) is 2. The Hall–Kier alpha value is -1.88. The number of amides is 1. The molecular formula is C15H16BrN3O. The number of aromatic nitrogens is 1. The van der Waals surface area contributed by atoms with E-state index in [1.807, 2.05) is 18.2 Å². The van der Waals surface area contributed by atoms with Gasteiger partial charge in [-0.15, -0.1) is 0 Å². The first-order chi connectivity index (χ1) is 9.72. The zero-order valence-corrected chi connectivity index (χ0v) is 12.8. The molecule has 1 aromatic heterocycles. The molecule has 0 saturated heterocycles. The van der Waals surface area contributed by atoms with E-state index >= 15 is 0 Å². The third-order valence-corrected chi connectivity index (χ3v) is 3.38. The first-order valence-electron chi connectivity index (χ1n) is 6.47. The summed E-state index contributed by atoms with van der Waals surface area (Å²) in [6, 6.07) is 11.1. The number of para-hydroxylation sites is 1. The number of halogens is 1. The lowest BCUT2D eigenvalue weighted by Gasteiger charge is -2.12. The van der Waals surface area contributed by atoms with Gasteiger partial charge >= 0.3 is 0 Å². The monoisotopic (exact) mass is 333 g/mol. The molecule has 4 nitrogen and oxygen atoms in total. The van der Waals surface area contributed by atoms with Crippen LogP contribution in [0.5, 0.6) is 0 Å². The first-order valence-corrected chi connectivity index (χ1v) is 7.26. The van der Waals surface area contributed by atoms with E-state index in [1.54, 1.807) is 24.4 Å². The van der Waals surface area contributed by atoms with Gasteiger partial charge in [0.1, 0.15) is 4.60 Å². The van der Waals surface area contributed by atoms with Crippen molar-refractivity contribution < 1.29 is 4.79 Å². The zero-order valence-electron chi connectivity index (χ0n) is 11.2. The molecule has 0 unspecified atom stereocenters. The molecule has 0 aliphatic heterocycles. The molecule has 0 radical (unpaired) electrons. The van der Waals surface area contributed by atoms with Gasteiger partial charge in [0.15, 0.2) is 0 Å². The first kappa shape index (κ1) is 14.5. The average Bonchev–Trinajstić information content (AvgIpc) is 2.47. The topological polar surface area (TPSA) is 54.0 Å². The normalized spacial score (nSPS) is 10.1. The summed E-state index contributed by atoms with van der Waals surface area (Å²) in [5.41, 5.74) is 2.12. The molecule has 0 spiro atoms. The molecule has 0 bridgehead atoms. The van der Waals surface area contributed by atoms with Crippen molar-refractivity contribution in [2.24, 2.45) is 0 Å². The van der Waals surface area contributed by atoms with Crippen LogP contribution >= 0.6 is 15.9 Å². The van der Waals surface area contributed by atoms with Gasteiger partial charge in [-0.25, -0.2) is 4.98 Å². The Kier molecular flexibility index (Phi) is 5.12. The van der Waals surface area contributed by atoms with Gasteiger partial charge < -0.3 is 10.6 Å². The lowest BCUT2D eigenvalue weighted by molar-refractivity contribution is 0.102. The lowest BCUT2D eigenvalue weighted by atomic mass is 10.1. The summed E-state index contributed by atoms with van der Waals surface area (Å²) in [7, 11) is 0. The molecule has 20 heavy (non-hydrogen) atoms. The Morgan fingerprint density at radius 2 is 1.95 bits per heavy atom. The minimum absolute atomic E-state index is 0.155. The van der Waals surface area contributed by atoms with E-state index in [9.17, 15) is 4.79 Å². The Balaban J connectivity index is 2.19. The zero-order chi connectivity index (χ0) is 14.4. The van der Waals surface area contributed by atoms with Crippen molar-refractivity contribution in [2.75, 3.05) is 17.2 Å². The van der Waals surface area contributed by atoms with Crippen molar-refractivity contribution in [3.8, 4) is 0 Å². The molecule has 104 valence electrons. The Morgan fingerprint density at radius 3 is 2.70 bits per heavy atom. The second-order valence-corrected chi connectivity index (χ2v) is 5.02. The van der Waals surface area contributed by atoms with E-state index in [-0.39, 0.29) is 5.91 Å². The van der Waals surface area contributed by atoms with Crippen LogP contribution in [-0.2, 0) is 0 Å². The van der Waals surface area contributed by atoms with Crippen LogP contribution in [0, 0.1) is 0 Å². The Labute approximate surface area is 126 Å². The van der Waals surface area contributed by atoms with E-state index < -0.39 is 0 Å². The summed E-state index contributed by atoms with van der Waals surface area (Å²) in [6.07, 6.45) is 2.67. The minimum atomic E-state index is -0.155. The molecule has 0 saturated carbocycles. The highest BCUT2D eigenvalue weighted by Crippen LogP contribution is 2.21. The lowest BCUT2D eigenvalue weighted by Crippen LogP contribution is -2.15. The number of rotatable bonds is 5. The van der Waals surface area contributed by atoms with Crippen LogP contribution in [0.4, 0.5) is 11.4 Å². The number of pyridine rings is 1. The SMILES string of the molecule is CCCNc1ccccc1C(=O)Nc1cccnc1Br. The van der Waals surface area contributed by atoms with Crippen molar-refractivity contribution >= 4 is 33.2 Å². The van der Waals surface area contributed by atoms with Gasteiger partial charge in [0.05, 0.1) is 11.3 Å². The standard InChI is InChI=1S/C15H16BrN3O/c1-2-9-17-12-7-4-3-6-11(12)15(20)19-13-8-5-10-18-14(13)16/h3-8,10,17H,2,9H2,1H3,(H,19,20). The highest BCUT2D eigenvalue weighted by Gasteiger charge is 2.12. The highest BCUT2D eigenvalue weighted by molar-refractivity contribution is 9.10. The Bertz CT molecular complexity index is 601. The quantitative estimate of drug-likeness (QED) is 0.815. The van der Waals surface area contributed by atoms with Crippen molar-refractivity contribution in [3.63, 3.8) is 0 Å². The van der Waals surface area contributed by atoms with E-state index in [0.717, 1.165) is 18.7 Å². The van der Waals surface area contributed by atoms with Gasteiger partial charge in [0.25, 0.3) is 5.91 Å². The summed E-state index contributed by atoms with van der Waals surface area (Å²) < 4.78 is 0.618. The largest absolute Gasteiger partial charge is 0.384 e. The molecule has 1 amide bonds. The summed E-state index contributed by atoms with van der Waals surface area (Å²) in [5, 5.41) is 6.11. The maximum Gasteiger partial charge on any atom is 0.257 e. The van der Waals surface area contributed by atoms with Gasteiger partial charge in [-0.3, -0.25) is 4.79 Å². The fourth-order valence-electron chi connectivity index (χ4n) is 1.76. The fraction of sp³-hybridized carbons (Fsp3) is 0.200. The van der Waals surface area contributed by atoms with Crippen LogP contribution in [0.1, 0.15) is 23.7 Å². The van der Waals surface area contributed by atoms with Crippen LogP contribution < -0.4 is 10.6 Å². The van der Waals surface area contributed by atoms with Crippen LogP contribution in [0.2, 0.25) is 0 Å². The minimum Gasteiger partial charge on any atom is -0.384 e. The molecule has 0 atom stereocenters. The van der Waals surface area contributed by atoms with Crippen molar-refractivity contribution in [1.29, 1.82) is 0 Å². The number of hydrogen-bond acceptors (Lipinski definition) is 3. The smallest absolute Gasteiger partial charge is 0.257 e. The third-order valence-electron chi connectivity index (χ3n) is 2.74. The summed E-state index contributed by atoms with van der Waals surface area (Å²) in [5.74, 6) is -0.155. The van der Waals surface area contributed by atoms with Crippen LogP contribution in [0.25, 0.3) is 0 Å².